The molecule has 0 saturated heterocycles. The van der Waals surface area contributed by atoms with E-state index < -0.39 is 12.6 Å². The third-order valence-electron chi connectivity index (χ3n) is 3.61. The number of H-pyrrole nitrogens is 1. The predicted molar refractivity (Wildman–Crippen MR) is 93.1 cm³/mol. The van der Waals surface area contributed by atoms with E-state index in [4.69, 9.17) is 9.47 Å². The number of aliphatic carboxylic acids is 1. The molecule has 1 N–H and O–H groups in total. The smallest absolute Gasteiger partial charge is 0.161 e. The predicted octanol–water partition coefficient (Wildman–Crippen LogP) is 1.76. The van der Waals surface area contributed by atoms with E-state index in [1.807, 2.05) is 24.3 Å². The zero-order valence-corrected chi connectivity index (χ0v) is 13.9. The van der Waals surface area contributed by atoms with Crippen molar-refractivity contribution in [2.45, 2.75) is 0 Å². The highest BCUT2D eigenvalue weighted by Gasteiger charge is 2.10. The van der Waals surface area contributed by atoms with Crippen LogP contribution in [-0.4, -0.2) is 29.7 Å². The SMILES string of the molecule is COc1cc(/C=C(/C#N)c2nc3ccccc3[nH]2)ccc1OCC(=O)[O-]. The van der Waals surface area contributed by atoms with Crippen molar-refractivity contribution in [1.29, 1.82) is 5.26 Å². The van der Waals surface area contributed by atoms with Crippen LogP contribution in [0.4, 0.5) is 0 Å². The average molecular weight is 348 g/mol. The highest BCUT2D eigenvalue weighted by atomic mass is 16.5. The first-order valence-corrected chi connectivity index (χ1v) is 7.68. The van der Waals surface area contributed by atoms with Gasteiger partial charge in [0.25, 0.3) is 0 Å². The molecule has 2 aromatic carbocycles. The molecule has 0 bridgehead atoms. The number of para-hydroxylation sites is 2. The number of hydrogen-bond donors (Lipinski definition) is 1. The van der Waals surface area contributed by atoms with Gasteiger partial charge in [0.05, 0.1) is 29.7 Å². The molecule has 0 aliphatic heterocycles. The summed E-state index contributed by atoms with van der Waals surface area (Å²) in [7, 11) is 1.44. The Morgan fingerprint density at radius 2 is 2.12 bits per heavy atom. The number of ether oxygens (including phenoxy) is 2. The van der Waals surface area contributed by atoms with Gasteiger partial charge >= 0.3 is 0 Å². The van der Waals surface area contributed by atoms with Crippen LogP contribution in [0.5, 0.6) is 11.5 Å². The largest absolute Gasteiger partial charge is 0.546 e. The third-order valence-corrected chi connectivity index (χ3v) is 3.61. The van der Waals surface area contributed by atoms with Gasteiger partial charge in [-0.05, 0) is 35.9 Å². The molecule has 1 aromatic heterocycles. The molecule has 26 heavy (non-hydrogen) atoms. The average Bonchev–Trinajstić information content (AvgIpc) is 3.08. The molecule has 0 aliphatic carbocycles. The summed E-state index contributed by atoms with van der Waals surface area (Å²) in [6.45, 7) is -0.575. The summed E-state index contributed by atoms with van der Waals surface area (Å²) in [5.41, 5.74) is 2.64. The van der Waals surface area contributed by atoms with Crippen molar-refractivity contribution in [2.75, 3.05) is 13.7 Å². The summed E-state index contributed by atoms with van der Waals surface area (Å²) in [4.78, 5) is 18.0. The Morgan fingerprint density at radius 3 is 2.81 bits per heavy atom. The van der Waals surface area contributed by atoms with E-state index in [0.717, 1.165) is 11.0 Å². The van der Waals surface area contributed by atoms with Crippen LogP contribution >= 0.6 is 0 Å². The van der Waals surface area contributed by atoms with Crippen LogP contribution in [0.25, 0.3) is 22.7 Å². The van der Waals surface area contributed by atoms with Gasteiger partial charge in [0, 0.05) is 0 Å². The molecular weight excluding hydrogens is 334 g/mol. The van der Waals surface area contributed by atoms with Crippen LogP contribution in [0.3, 0.4) is 0 Å². The summed E-state index contributed by atoms with van der Waals surface area (Å²) >= 11 is 0. The van der Waals surface area contributed by atoms with Gasteiger partial charge in [0.15, 0.2) is 11.5 Å². The summed E-state index contributed by atoms with van der Waals surface area (Å²) in [6.07, 6.45) is 1.66. The molecule has 0 atom stereocenters. The quantitative estimate of drug-likeness (QED) is 0.680. The molecular formula is C19H14N3O4-. The fourth-order valence-corrected chi connectivity index (χ4v) is 2.43. The number of aromatic nitrogens is 2. The molecule has 0 spiro atoms. The van der Waals surface area contributed by atoms with Crippen LogP contribution in [0.1, 0.15) is 11.4 Å². The van der Waals surface area contributed by atoms with E-state index in [2.05, 4.69) is 16.0 Å². The molecule has 0 unspecified atom stereocenters. The Bertz CT molecular complexity index is 998. The number of allylic oxidation sites excluding steroid dienone is 1. The molecule has 0 radical (unpaired) electrons. The van der Waals surface area contributed by atoms with E-state index >= 15 is 0 Å². The van der Waals surface area contributed by atoms with Crippen LogP contribution in [-0.2, 0) is 4.79 Å². The van der Waals surface area contributed by atoms with E-state index in [9.17, 15) is 15.2 Å². The first-order chi connectivity index (χ1) is 12.6. The maximum Gasteiger partial charge on any atom is 0.161 e. The van der Waals surface area contributed by atoms with E-state index in [1.165, 1.54) is 7.11 Å². The van der Waals surface area contributed by atoms with Crippen LogP contribution < -0.4 is 14.6 Å². The number of benzene rings is 2. The van der Waals surface area contributed by atoms with Crippen LogP contribution in [0.2, 0.25) is 0 Å². The topological polar surface area (TPSA) is 111 Å². The van der Waals surface area contributed by atoms with Gasteiger partial charge < -0.3 is 24.4 Å². The summed E-state index contributed by atoms with van der Waals surface area (Å²) in [6, 6.07) is 14.5. The second kappa shape index (κ2) is 7.40. The summed E-state index contributed by atoms with van der Waals surface area (Å²) < 4.78 is 10.3. The number of carboxylic acids is 1. The van der Waals surface area contributed by atoms with Gasteiger partial charge in [-0.2, -0.15) is 5.26 Å². The highest BCUT2D eigenvalue weighted by molar-refractivity contribution is 5.90. The molecule has 0 amide bonds. The van der Waals surface area contributed by atoms with Gasteiger partial charge in [-0.25, -0.2) is 4.98 Å². The molecule has 1 heterocycles. The minimum atomic E-state index is -1.33. The highest BCUT2D eigenvalue weighted by Crippen LogP contribution is 2.29. The number of carbonyl (C=O) groups excluding carboxylic acids is 1. The van der Waals surface area contributed by atoms with Gasteiger partial charge in [-0.15, -0.1) is 0 Å². The zero-order chi connectivity index (χ0) is 18.5. The van der Waals surface area contributed by atoms with E-state index in [1.54, 1.807) is 24.3 Å². The minimum absolute atomic E-state index is 0.274. The molecule has 130 valence electrons. The van der Waals surface area contributed by atoms with E-state index in [-0.39, 0.29) is 5.75 Å². The molecule has 7 nitrogen and oxygen atoms in total. The first-order valence-electron chi connectivity index (χ1n) is 7.68. The Kier molecular flexibility index (Phi) is 4.85. The third kappa shape index (κ3) is 3.65. The molecule has 0 saturated carbocycles. The lowest BCUT2D eigenvalue weighted by Crippen LogP contribution is -2.29. The number of aromatic amines is 1. The lowest BCUT2D eigenvalue weighted by atomic mass is 10.1. The molecule has 7 heteroatoms. The molecule has 0 fully saturated rings. The number of hydrogen-bond acceptors (Lipinski definition) is 6. The number of nitrogens with one attached hydrogen (secondary N) is 1. The Labute approximate surface area is 149 Å². The monoisotopic (exact) mass is 348 g/mol. The molecule has 3 aromatic rings. The Hall–Kier alpha value is -3.79. The van der Waals surface area contributed by atoms with Crippen molar-refractivity contribution in [3.63, 3.8) is 0 Å². The van der Waals surface area contributed by atoms with Crippen molar-refractivity contribution in [1.82, 2.24) is 9.97 Å². The van der Waals surface area contributed by atoms with Gasteiger partial charge in [-0.1, -0.05) is 18.2 Å². The first kappa shape index (κ1) is 17.0. The molecule has 0 aliphatic rings. The van der Waals surface area contributed by atoms with Crippen molar-refractivity contribution >= 4 is 28.7 Å². The second-order valence-corrected chi connectivity index (χ2v) is 5.34. The Morgan fingerprint density at radius 1 is 1.31 bits per heavy atom. The van der Waals surface area contributed by atoms with Crippen molar-refractivity contribution in [3.8, 4) is 17.6 Å². The normalized spacial score (nSPS) is 11.2. The number of nitrogens with zero attached hydrogens (tertiary/aromatic N) is 2. The number of methoxy groups -OCH3 is 1. The lowest BCUT2D eigenvalue weighted by Gasteiger charge is -2.11. The van der Waals surface area contributed by atoms with Crippen molar-refractivity contribution < 1.29 is 19.4 Å². The van der Waals surface area contributed by atoms with Gasteiger partial charge in [-0.3, -0.25) is 0 Å². The van der Waals surface area contributed by atoms with Crippen LogP contribution in [0.15, 0.2) is 42.5 Å². The molecule has 3 rings (SSSR count). The number of fused-ring (bicyclic) bond motifs is 1. The van der Waals surface area contributed by atoms with E-state index in [0.29, 0.717) is 22.7 Å². The summed E-state index contributed by atoms with van der Waals surface area (Å²) in [5, 5.41) is 20.0. The lowest BCUT2D eigenvalue weighted by molar-refractivity contribution is -0.307. The summed E-state index contributed by atoms with van der Waals surface area (Å²) in [5.74, 6) is -0.240. The number of nitriles is 1. The number of carboxylic acid groups (broad SMARTS) is 1. The Balaban J connectivity index is 1.93. The zero-order valence-electron chi connectivity index (χ0n) is 13.9. The van der Waals surface area contributed by atoms with Crippen molar-refractivity contribution in [2.24, 2.45) is 0 Å². The fourth-order valence-electron chi connectivity index (χ4n) is 2.43. The fraction of sp³-hybridized carbons (Fsp3) is 0.105. The van der Waals surface area contributed by atoms with Crippen molar-refractivity contribution in [3.05, 3.63) is 53.9 Å². The van der Waals surface area contributed by atoms with Gasteiger partial charge in [0.1, 0.15) is 18.5 Å². The number of imidazole rings is 1. The number of rotatable bonds is 6. The standard InChI is InChI=1S/C19H15N3O4/c1-25-17-9-12(6-7-16(17)26-11-18(23)24)8-13(10-20)19-21-14-4-2-3-5-15(14)22-19/h2-9H,11H2,1H3,(H,21,22)(H,23,24)/p-1/b13-8-. The maximum atomic E-state index is 10.5. The second-order valence-electron chi connectivity index (χ2n) is 5.34. The van der Waals surface area contributed by atoms with Gasteiger partial charge in [0.2, 0.25) is 0 Å². The van der Waals surface area contributed by atoms with Crippen LogP contribution in [0, 0.1) is 11.3 Å². The minimum Gasteiger partial charge on any atom is -0.546 e. The maximum absolute atomic E-state index is 10.5. The number of carbonyl (C=O) groups is 1.